The second-order valence-corrected chi connectivity index (χ2v) is 6.61. The number of hydrogen-bond acceptors (Lipinski definition) is 7. The van der Waals surface area contributed by atoms with Crippen LogP contribution in [0.5, 0.6) is 5.75 Å². The molecule has 0 aliphatic carbocycles. The van der Waals surface area contributed by atoms with Crippen molar-refractivity contribution in [2.45, 2.75) is 20.3 Å². The first-order valence-corrected chi connectivity index (χ1v) is 8.77. The zero-order valence-electron chi connectivity index (χ0n) is 16.4. The van der Waals surface area contributed by atoms with Crippen molar-refractivity contribution < 1.29 is 29.1 Å². The van der Waals surface area contributed by atoms with Crippen molar-refractivity contribution in [1.29, 1.82) is 0 Å². The molecule has 0 fully saturated rings. The fourth-order valence-electron chi connectivity index (χ4n) is 3.35. The molecule has 0 spiro atoms. The van der Waals surface area contributed by atoms with Crippen LogP contribution in [-0.2, 0) is 6.42 Å². The predicted octanol–water partition coefficient (Wildman–Crippen LogP) is 2.22. The van der Waals surface area contributed by atoms with Crippen LogP contribution in [0.4, 0.5) is 5.82 Å². The number of pyridine rings is 1. The van der Waals surface area contributed by atoms with Gasteiger partial charge in [-0.2, -0.15) is 0 Å². The van der Waals surface area contributed by atoms with Crippen molar-refractivity contribution >= 4 is 17.8 Å². The van der Waals surface area contributed by atoms with E-state index in [0.29, 0.717) is 29.2 Å². The number of hydrogen-bond donors (Lipinski definition) is 4. The number of rotatable bonds is 6. The monoisotopic (exact) mass is 413 g/mol. The highest BCUT2D eigenvalue weighted by Gasteiger charge is 2.27. The van der Waals surface area contributed by atoms with Gasteiger partial charge in [0.2, 0.25) is 0 Å². The lowest BCUT2D eigenvalue weighted by molar-refractivity contribution is 0.0695. The molecule has 0 amide bonds. The molecule has 156 valence electrons. The maximum atomic E-state index is 12.2. The Balaban J connectivity index is 2.31. The number of carboxylic acid groups (broad SMARTS) is 2. The van der Waals surface area contributed by atoms with Crippen molar-refractivity contribution in [3.8, 4) is 16.9 Å². The maximum Gasteiger partial charge on any atom is 0.342 e. The number of aromatic nitrogens is 2. The van der Waals surface area contributed by atoms with Crippen LogP contribution in [0, 0.1) is 13.8 Å². The molecule has 3 rings (SSSR count). The van der Waals surface area contributed by atoms with Crippen LogP contribution in [0.25, 0.3) is 11.1 Å². The Morgan fingerprint density at radius 3 is 2.40 bits per heavy atom. The fraction of sp³-hybridized carbons (Fsp3) is 0.200. The van der Waals surface area contributed by atoms with E-state index in [4.69, 9.17) is 15.0 Å². The summed E-state index contributed by atoms with van der Waals surface area (Å²) in [5.41, 5.74) is 5.52. The topological polar surface area (TPSA) is 169 Å². The Hall–Kier alpha value is -4.08. The standard InChI is InChI=1S/C20H19N3O7/c1-8-12(9(2)30-23-8)7-11-6-10(4-5-13(11)29-3)14-15(19(25)26)17(21)22-18(24)16(14)20(27)28/h4-6H,7H2,1-3H3,(H,25,26)(H,27,28)(H3,21,22,24). The molecule has 0 atom stereocenters. The highest BCUT2D eigenvalue weighted by atomic mass is 16.5. The molecule has 0 radical (unpaired) electrons. The number of carboxylic acids is 2. The number of anilines is 1. The van der Waals surface area contributed by atoms with Crippen LogP contribution >= 0.6 is 0 Å². The van der Waals surface area contributed by atoms with Crippen molar-refractivity contribution in [2.24, 2.45) is 0 Å². The number of aromatic amines is 1. The van der Waals surface area contributed by atoms with Gasteiger partial charge in [-0.05, 0) is 37.1 Å². The zero-order valence-corrected chi connectivity index (χ0v) is 16.4. The zero-order chi connectivity index (χ0) is 22.2. The van der Waals surface area contributed by atoms with Gasteiger partial charge in [0.1, 0.15) is 28.5 Å². The van der Waals surface area contributed by atoms with E-state index < -0.39 is 34.4 Å². The summed E-state index contributed by atoms with van der Waals surface area (Å²) in [6.45, 7) is 3.54. The number of aryl methyl sites for hydroxylation is 2. The molecule has 0 bridgehead atoms. The van der Waals surface area contributed by atoms with Gasteiger partial charge in [0.15, 0.2) is 0 Å². The number of carbonyl (C=O) groups is 2. The molecule has 0 aliphatic heterocycles. The van der Waals surface area contributed by atoms with Gasteiger partial charge < -0.3 is 30.2 Å². The normalized spacial score (nSPS) is 10.8. The van der Waals surface area contributed by atoms with E-state index in [-0.39, 0.29) is 11.1 Å². The molecule has 2 aromatic heterocycles. The summed E-state index contributed by atoms with van der Waals surface area (Å²) in [7, 11) is 1.47. The summed E-state index contributed by atoms with van der Waals surface area (Å²) in [6, 6.07) is 4.61. The van der Waals surface area contributed by atoms with Crippen LogP contribution in [0.15, 0.2) is 27.5 Å². The van der Waals surface area contributed by atoms with E-state index in [1.165, 1.54) is 13.2 Å². The Labute approximate surface area is 169 Å². The number of nitrogens with one attached hydrogen (secondary N) is 1. The number of ether oxygens (including phenoxy) is 1. The predicted molar refractivity (Wildman–Crippen MR) is 106 cm³/mol. The van der Waals surface area contributed by atoms with E-state index >= 15 is 0 Å². The lowest BCUT2D eigenvalue weighted by Crippen LogP contribution is -2.24. The molecule has 0 saturated carbocycles. The molecule has 2 heterocycles. The summed E-state index contributed by atoms with van der Waals surface area (Å²) in [6.07, 6.45) is 0.335. The first-order valence-electron chi connectivity index (χ1n) is 8.77. The SMILES string of the molecule is COc1ccc(-c2c(C(=O)O)c(N)[nH]c(=O)c2C(=O)O)cc1Cc1c(C)noc1C. The van der Waals surface area contributed by atoms with Gasteiger partial charge in [0.05, 0.1) is 12.8 Å². The van der Waals surface area contributed by atoms with Gasteiger partial charge in [0.25, 0.3) is 5.56 Å². The molecule has 0 saturated heterocycles. The van der Waals surface area contributed by atoms with E-state index in [1.54, 1.807) is 26.0 Å². The van der Waals surface area contributed by atoms with Gasteiger partial charge in [-0.1, -0.05) is 11.2 Å². The average molecular weight is 413 g/mol. The summed E-state index contributed by atoms with van der Waals surface area (Å²) in [4.78, 5) is 37.9. The van der Waals surface area contributed by atoms with Gasteiger partial charge in [0, 0.05) is 17.5 Å². The number of nitrogen functional groups attached to an aromatic ring is 1. The Bertz CT molecular complexity index is 1200. The summed E-state index contributed by atoms with van der Waals surface area (Å²) >= 11 is 0. The maximum absolute atomic E-state index is 12.2. The van der Waals surface area contributed by atoms with E-state index in [2.05, 4.69) is 10.1 Å². The molecule has 3 aromatic rings. The number of H-pyrrole nitrogens is 1. The van der Waals surface area contributed by atoms with Crippen molar-refractivity contribution in [2.75, 3.05) is 12.8 Å². The molecule has 10 nitrogen and oxygen atoms in total. The summed E-state index contributed by atoms with van der Waals surface area (Å²) in [5.74, 6) is -2.38. The number of nitrogens with two attached hydrogens (primary N) is 1. The lowest BCUT2D eigenvalue weighted by atomic mass is 9.92. The molecule has 10 heteroatoms. The largest absolute Gasteiger partial charge is 0.496 e. The van der Waals surface area contributed by atoms with Crippen LogP contribution in [0.3, 0.4) is 0 Å². The van der Waals surface area contributed by atoms with Gasteiger partial charge in [-0.15, -0.1) is 0 Å². The molecule has 0 unspecified atom stereocenters. The number of methoxy groups -OCH3 is 1. The molecular weight excluding hydrogens is 394 g/mol. The summed E-state index contributed by atoms with van der Waals surface area (Å²) < 4.78 is 10.6. The third-order valence-corrected chi connectivity index (χ3v) is 4.79. The quantitative estimate of drug-likeness (QED) is 0.473. The Morgan fingerprint density at radius 2 is 1.87 bits per heavy atom. The Morgan fingerprint density at radius 1 is 1.20 bits per heavy atom. The molecule has 0 aliphatic rings. The van der Waals surface area contributed by atoms with E-state index in [9.17, 15) is 24.6 Å². The van der Waals surface area contributed by atoms with Crippen LogP contribution in [0.1, 0.15) is 43.3 Å². The average Bonchev–Trinajstić information content (AvgIpc) is 2.98. The fourth-order valence-corrected chi connectivity index (χ4v) is 3.35. The van der Waals surface area contributed by atoms with Crippen molar-refractivity contribution in [1.82, 2.24) is 10.1 Å². The molecule has 1 aromatic carbocycles. The Kier molecular flexibility index (Phi) is 5.33. The third kappa shape index (κ3) is 3.50. The highest BCUT2D eigenvalue weighted by Crippen LogP contribution is 2.34. The smallest absolute Gasteiger partial charge is 0.342 e. The molecule has 5 N–H and O–H groups in total. The second kappa shape index (κ2) is 7.74. The minimum atomic E-state index is -1.57. The minimum absolute atomic E-state index is 0.199. The van der Waals surface area contributed by atoms with Gasteiger partial charge in [-0.25, -0.2) is 9.59 Å². The summed E-state index contributed by atoms with van der Waals surface area (Å²) in [5, 5.41) is 23.1. The van der Waals surface area contributed by atoms with Crippen molar-refractivity contribution in [3.63, 3.8) is 0 Å². The van der Waals surface area contributed by atoms with E-state index in [1.807, 2.05) is 0 Å². The highest BCUT2D eigenvalue weighted by molar-refractivity contribution is 6.07. The van der Waals surface area contributed by atoms with Gasteiger partial charge >= 0.3 is 11.9 Å². The van der Waals surface area contributed by atoms with Crippen LogP contribution in [-0.4, -0.2) is 39.4 Å². The first kappa shape index (κ1) is 20.6. The molecule has 30 heavy (non-hydrogen) atoms. The van der Waals surface area contributed by atoms with Gasteiger partial charge in [-0.3, -0.25) is 4.79 Å². The third-order valence-electron chi connectivity index (χ3n) is 4.79. The second-order valence-electron chi connectivity index (χ2n) is 6.61. The lowest BCUT2D eigenvalue weighted by Gasteiger charge is -2.15. The molecular formula is C20H19N3O7. The number of nitrogens with zero attached hydrogens (tertiary/aromatic N) is 1. The van der Waals surface area contributed by atoms with Crippen LogP contribution in [0.2, 0.25) is 0 Å². The minimum Gasteiger partial charge on any atom is -0.496 e. The van der Waals surface area contributed by atoms with Crippen LogP contribution < -0.4 is 16.0 Å². The first-order chi connectivity index (χ1) is 14.1. The number of benzene rings is 1. The van der Waals surface area contributed by atoms with E-state index in [0.717, 1.165) is 5.56 Å². The number of aromatic carboxylic acids is 2. The van der Waals surface area contributed by atoms with Crippen molar-refractivity contribution in [3.05, 3.63) is 62.3 Å².